The van der Waals surface area contributed by atoms with Crippen LogP contribution < -0.4 is 0 Å². The highest BCUT2D eigenvalue weighted by Crippen LogP contribution is 2.23. The number of ketones is 1. The topological polar surface area (TPSA) is 34.9 Å². The highest BCUT2D eigenvalue weighted by atomic mass is 32.1. The van der Waals surface area contributed by atoms with Crippen molar-refractivity contribution in [1.29, 1.82) is 0 Å². The number of aryl methyl sites for hydroxylation is 2. The van der Waals surface area contributed by atoms with E-state index in [4.69, 9.17) is 0 Å². The molecule has 3 nitrogen and oxygen atoms in total. The number of benzene rings is 1. The molecule has 0 saturated heterocycles. The third kappa shape index (κ3) is 2.81. The lowest BCUT2D eigenvalue weighted by molar-refractivity contribution is 0.0972. The molecule has 0 unspecified atom stereocenters. The van der Waals surface area contributed by atoms with Crippen LogP contribution in [0.25, 0.3) is 10.7 Å². The van der Waals surface area contributed by atoms with Crippen LogP contribution in [0.15, 0.2) is 48.1 Å². The van der Waals surface area contributed by atoms with Crippen molar-refractivity contribution in [1.82, 2.24) is 9.55 Å². The summed E-state index contributed by atoms with van der Waals surface area (Å²) in [4.78, 5) is 17.9. The highest BCUT2D eigenvalue weighted by Gasteiger charge is 2.12. The minimum absolute atomic E-state index is 0.105. The normalized spacial score (nSPS) is 10.8. The summed E-state index contributed by atoms with van der Waals surface area (Å²) in [7, 11) is 0. The molecule has 3 aromatic rings. The van der Waals surface area contributed by atoms with E-state index in [1.54, 1.807) is 17.5 Å². The zero-order valence-electron chi connectivity index (χ0n) is 12.0. The fraction of sp³-hybridized carbons (Fsp3) is 0.176. The minimum Gasteiger partial charge on any atom is -0.323 e. The number of rotatable bonds is 4. The Kier molecular flexibility index (Phi) is 3.71. The van der Waals surface area contributed by atoms with E-state index >= 15 is 0 Å². The van der Waals surface area contributed by atoms with Crippen LogP contribution in [-0.2, 0) is 6.54 Å². The van der Waals surface area contributed by atoms with E-state index in [1.807, 2.05) is 60.3 Å². The lowest BCUT2D eigenvalue weighted by atomic mass is 10.0. The largest absolute Gasteiger partial charge is 0.323 e. The second-order valence-corrected chi connectivity index (χ2v) is 6.03. The molecule has 0 aliphatic carbocycles. The third-order valence-electron chi connectivity index (χ3n) is 3.60. The number of thiophene rings is 1. The number of hydrogen-bond acceptors (Lipinski definition) is 3. The molecule has 0 N–H and O–H groups in total. The van der Waals surface area contributed by atoms with Crippen LogP contribution in [0.2, 0.25) is 0 Å². The third-order valence-corrected chi connectivity index (χ3v) is 4.47. The zero-order valence-corrected chi connectivity index (χ0v) is 12.9. The Morgan fingerprint density at radius 1 is 1.24 bits per heavy atom. The van der Waals surface area contributed by atoms with Gasteiger partial charge in [0, 0.05) is 18.0 Å². The number of carbonyl (C=O) groups excluding carboxylic acids is 1. The van der Waals surface area contributed by atoms with Crippen molar-refractivity contribution in [3.63, 3.8) is 0 Å². The first-order valence-corrected chi connectivity index (χ1v) is 7.68. The van der Waals surface area contributed by atoms with E-state index < -0.39 is 0 Å². The highest BCUT2D eigenvalue weighted by molar-refractivity contribution is 7.13. The standard InChI is InChI=1S/C17H16N2OS/c1-12-5-6-14(10-13(12)2)15(20)11-19-8-7-18-17(19)16-4-3-9-21-16/h3-10H,11H2,1-2H3. The summed E-state index contributed by atoms with van der Waals surface area (Å²) in [6, 6.07) is 9.86. The van der Waals surface area contributed by atoms with E-state index in [1.165, 1.54) is 5.56 Å². The molecule has 0 atom stereocenters. The molecular formula is C17H16N2OS. The number of nitrogens with zero attached hydrogens (tertiary/aromatic N) is 2. The number of aromatic nitrogens is 2. The Morgan fingerprint density at radius 3 is 2.81 bits per heavy atom. The van der Waals surface area contributed by atoms with Gasteiger partial charge in [0.05, 0.1) is 11.4 Å². The fourth-order valence-corrected chi connectivity index (χ4v) is 2.96. The molecule has 0 radical (unpaired) electrons. The molecule has 1 aromatic carbocycles. The Labute approximate surface area is 127 Å². The number of Topliss-reactive ketones (excluding diaryl/α,β-unsaturated/α-hetero) is 1. The predicted octanol–water partition coefficient (Wildman–Crippen LogP) is 4.11. The Hall–Kier alpha value is -2.20. The van der Waals surface area contributed by atoms with Crippen LogP contribution in [0, 0.1) is 13.8 Å². The SMILES string of the molecule is Cc1ccc(C(=O)Cn2ccnc2-c2cccs2)cc1C. The zero-order chi connectivity index (χ0) is 14.8. The van der Waals surface area contributed by atoms with Gasteiger partial charge in [-0.3, -0.25) is 4.79 Å². The molecule has 0 aliphatic rings. The van der Waals surface area contributed by atoms with Crippen molar-refractivity contribution in [2.45, 2.75) is 20.4 Å². The van der Waals surface area contributed by atoms with Gasteiger partial charge in [-0.2, -0.15) is 0 Å². The summed E-state index contributed by atoms with van der Waals surface area (Å²) in [6.45, 7) is 4.39. The maximum Gasteiger partial charge on any atom is 0.182 e. The maximum atomic E-state index is 12.5. The average Bonchev–Trinajstić information content (AvgIpc) is 3.12. The first-order valence-electron chi connectivity index (χ1n) is 6.80. The van der Waals surface area contributed by atoms with Gasteiger partial charge in [0.15, 0.2) is 5.78 Å². The second kappa shape index (κ2) is 5.66. The fourth-order valence-electron chi connectivity index (χ4n) is 2.23. The van der Waals surface area contributed by atoms with Gasteiger partial charge in [-0.1, -0.05) is 18.2 Å². The van der Waals surface area contributed by atoms with E-state index in [-0.39, 0.29) is 5.78 Å². The summed E-state index contributed by atoms with van der Waals surface area (Å²) in [5.41, 5.74) is 3.10. The first-order chi connectivity index (χ1) is 10.1. The van der Waals surface area contributed by atoms with Crippen LogP contribution >= 0.6 is 11.3 Å². The number of carbonyl (C=O) groups is 1. The summed E-state index contributed by atoms with van der Waals surface area (Å²) in [5, 5.41) is 2.01. The monoisotopic (exact) mass is 296 g/mol. The van der Waals surface area contributed by atoms with Gasteiger partial charge >= 0.3 is 0 Å². The Balaban J connectivity index is 1.85. The molecule has 0 fully saturated rings. The lowest BCUT2D eigenvalue weighted by Gasteiger charge is -2.07. The van der Waals surface area contributed by atoms with Crippen LogP contribution in [-0.4, -0.2) is 15.3 Å². The van der Waals surface area contributed by atoms with Crippen molar-refractivity contribution < 1.29 is 4.79 Å². The summed E-state index contributed by atoms with van der Waals surface area (Å²) in [6.07, 6.45) is 3.59. The second-order valence-electron chi connectivity index (χ2n) is 5.08. The van der Waals surface area contributed by atoms with Gasteiger partial charge in [-0.25, -0.2) is 4.98 Å². The van der Waals surface area contributed by atoms with E-state index in [0.717, 1.165) is 21.8 Å². The van der Waals surface area contributed by atoms with Crippen molar-refractivity contribution in [2.75, 3.05) is 0 Å². The van der Waals surface area contributed by atoms with E-state index in [2.05, 4.69) is 4.98 Å². The van der Waals surface area contributed by atoms with Crippen molar-refractivity contribution in [2.24, 2.45) is 0 Å². The number of imidazole rings is 1. The van der Waals surface area contributed by atoms with Gasteiger partial charge in [0.25, 0.3) is 0 Å². The lowest BCUT2D eigenvalue weighted by Crippen LogP contribution is -2.11. The Bertz CT molecular complexity index is 772. The molecule has 0 bridgehead atoms. The van der Waals surface area contributed by atoms with Gasteiger partial charge < -0.3 is 4.57 Å². The molecule has 106 valence electrons. The molecule has 0 spiro atoms. The summed E-state index contributed by atoms with van der Waals surface area (Å²) < 4.78 is 1.91. The van der Waals surface area contributed by atoms with Crippen molar-refractivity contribution in [3.05, 3.63) is 64.8 Å². The molecule has 2 heterocycles. The quantitative estimate of drug-likeness (QED) is 0.679. The van der Waals surface area contributed by atoms with Crippen LogP contribution in [0.1, 0.15) is 21.5 Å². The predicted molar refractivity (Wildman–Crippen MR) is 85.8 cm³/mol. The molecule has 0 amide bonds. The van der Waals surface area contributed by atoms with E-state index in [0.29, 0.717) is 6.54 Å². The molecule has 0 aliphatic heterocycles. The minimum atomic E-state index is 0.105. The molecule has 3 rings (SSSR count). The smallest absolute Gasteiger partial charge is 0.182 e. The molecule has 21 heavy (non-hydrogen) atoms. The van der Waals surface area contributed by atoms with Gasteiger partial charge in [0.1, 0.15) is 5.82 Å². The van der Waals surface area contributed by atoms with Crippen LogP contribution in [0.5, 0.6) is 0 Å². The van der Waals surface area contributed by atoms with Crippen LogP contribution in [0.3, 0.4) is 0 Å². The van der Waals surface area contributed by atoms with Crippen molar-refractivity contribution >= 4 is 17.1 Å². The first kappa shape index (κ1) is 13.8. The molecule has 0 saturated carbocycles. The molecule has 4 heteroatoms. The van der Waals surface area contributed by atoms with Gasteiger partial charge in [-0.15, -0.1) is 11.3 Å². The molecular weight excluding hydrogens is 280 g/mol. The average molecular weight is 296 g/mol. The molecule has 2 aromatic heterocycles. The Morgan fingerprint density at radius 2 is 2.10 bits per heavy atom. The van der Waals surface area contributed by atoms with Crippen molar-refractivity contribution in [3.8, 4) is 10.7 Å². The van der Waals surface area contributed by atoms with E-state index in [9.17, 15) is 4.79 Å². The summed E-state index contributed by atoms with van der Waals surface area (Å²) >= 11 is 1.63. The van der Waals surface area contributed by atoms with Gasteiger partial charge in [0.2, 0.25) is 0 Å². The van der Waals surface area contributed by atoms with Gasteiger partial charge in [-0.05, 0) is 42.5 Å². The summed E-state index contributed by atoms with van der Waals surface area (Å²) in [5.74, 6) is 0.955. The maximum absolute atomic E-state index is 12.5. The number of hydrogen-bond donors (Lipinski definition) is 0. The van der Waals surface area contributed by atoms with Crippen LogP contribution in [0.4, 0.5) is 0 Å².